The fourth-order valence-corrected chi connectivity index (χ4v) is 2.79. The molecule has 0 bridgehead atoms. The van der Waals surface area contributed by atoms with Gasteiger partial charge in [-0.1, -0.05) is 42.5 Å². The topological polar surface area (TPSA) is 18.5 Å². The molecule has 0 saturated carbocycles. The highest BCUT2D eigenvalue weighted by Crippen LogP contribution is 2.34. The summed E-state index contributed by atoms with van der Waals surface area (Å²) in [6.07, 6.45) is -4.75. The lowest BCUT2D eigenvalue weighted by atomic mass is 9.83. The quantitative estimate of drug-likeness (QED) is 0.383. The van der Waals surface area contributed by atoms with E-state index in [-0.39, 0.29) is 11.1 Å². The summed E-state index contributed by atoms with van der Waals surface area (Å²) in [5.41, 5.74) is -1.47. The Kier molecular flexibility index (Phi) is 6.54. The molecule has 0 aliphatic carbocycles. The fraction of sp³-hybridized carbons (Fsp3) is 0.217. The van der Waals surface area contributed by atoms with Gasteiger partial charge in [-0.3, -0.25) is 0 Å². The van der Waals surface area contributed by atoms with E-state index in [1.54, 1.807) is 36.4 Å². The van der Waals surface area contributed by atoms with E-state index in [4.69, 9.17) is 9.47 Å². The van der Waals surface area contributed by atoms with Crippen molar-refractivity contribution in [1.82, 2.24) is 0 Å². The minimum atomic E-state index is -2.83. The van der Waals surface area contributed by atoms with Gasteiger partial charge in [0.15, 0.2) is 0 Å². The third-order valence-electron chi connectivity index (χ3n) is 4.61. The lowest BCUT2D eigenvalue weighted by Gasteiger charge is -2.29. The minimum Gasteiger partial charge on any atom is -0.457 e. The Balaban J connectivity index is 1.71. The van der Waals surface area contributed by atoms with Gasteiger partial charge in [0.05, 0.1) is 12.0 Å². The highest BCUT2D eigenvalue weighted by atomic mass is 19.3. The van der Waals surface area contributed by atoms with Gasteiger partial charge in [-0.25, -0.2) is 17.6 Å². The number of benzene rings is 3. The van der Waals surface area contributed by atoms with Gasteiger partial charge in [0, 0.05) is 5.56 Å². The number of ether oxygens (including phenoxy) is 2. The second kappa shape index (κ2) is 9.09. The van der Waals surface area contributed by atoms with Crippen molar-refractivity contribution < 1.29 is 27.0 Å². The van der Waals surface area contributed by atoms with Crippen LogP contribution < -0.4 is 4.74 Å². The second-order valence-corrected chi connectivity index (χ2v) is 6.84. The smallest absolute Gasteiger partial charge is 0.250 e. The van der Waals surface area contributed by atoms with E-state index in [9.17, 15) is 17.6 Å². The van der Waals surface area contributed by atoms with E-state index >= 15 is 0 Å². The predicted octanol–water partition coefficient (Wildman–Crippen LogP) is 6.83. The van der Waals surface area contributed by atoms with Crippen molar-refractivity contribution in [1.29, 1.82) is 0 Å². The summed E-state index contributed by atoms with van der Waals surface area (Å²) in [5, 5.41) is 0. The first kappa shape index (κ1) is 20.9. The summed E-state index contributed by atoms with van der Waals surface area (Å²) in [4.78, 5) is 0. The molecule has 2 unspecified atom stereocenters. The molecule has 152 valence electrons. The van der Waals surface area contributed by atoms with Crippen LogP contribution in [0.2, 0.25) is 0 Å². The van der Waals surface area contributed by atoms with Gasteiger partial charge < -0.3 is 9.47 Å². The molecule has 0 fully saturated rings. The molecule has 2 nitrogen and oxygen atoms in total. The van der Waals surface area contributed by atoms with E-state index in [0.29, 0.717) is 11.5 Å². The molecule has 0 aliphatic rings. The Labute approximate surface area is 166 Å². The molecule has 3 rings (SSSR count). The molecule has 6 heteroatoms. The van der Waals surface area contributed by atoms with Crippen molar-refractivity contribution in [3.63, 3.8) is 0 Å². The number of hydrogen-bond donors (Lipinski definition) is 0. The molecule has 0 saturated heterocycles. The van der Waals surface area contributed by atoms with Crippen molar-refractivity contribution in [2.24, 2.45) is 0 Å². The monoisotopic (exact) mass is 404 g/mol. The van der Waals surface area contributed by atoms with Crippen LogP contribution in [0.3, 0.4) is 0 Å². The molecular weight excluding hydrogens is 384 g/mol. The van der Waals surface area contributed by atoms with Crippen LogP contribution in [0, 0.1) is 5.82 Å². The zero-order valence-electron chi connectivity index (χ0n) is 15.7. The van der Waals surface area contributed by atoms with Crippen molar-refractivity contribution in [2.45, 2.75) is 25.1 Å². The van der Waals surface area contributed by atoms with Crippen LogP contribution in [0.25, 0.3) is 0 Å². The van der Waals surface area contributed by atoms with Gasteiger partial charge in [0.2, 0.25) is 12.8 Å². The zero-order valence-corrected chi connectivity index (χ0v) is 15.7. The van der Waals surface area contributed by atoms with Crippen LogP contribution in [-0.2, 0) is 10.2 Å². The standard InChI is InChI=1S/C23H20F4O2/c1-23(22(26)27,17-10-12-18(24)13-11-17)15-28-21(25)16-6-5-9-20(14-16)29-19-7-3-2-4-8-19/h2-14,21-22H,15H2,1H3. The van der Waals surface area contributed by atoms with E-state index in [1.807, 2.05) is 6.07 Å². The average molecular weight is 404 g/mol. The molecule has 0 amide bonds. The third kappa shape index (κ3) is 5.15. The summed E-state index contributed by atoms with van der Waals surface area (Å²) in [5.74, 6) is 0.447. The Hall–Kier alpha value is -2.86. The minimum absolute atomic E-state index is 0.147. The van der Waals surface area contributed by atoms with E-state index < -0.39 is 30.6 Å². The maximum atomic E-state index is 14.6. The highest BCUT2D eigenvalue weighted by molar-refractivity contribution is 5.34. The summed E-state index contributed by atoms with van der Waals surface area (Å²) < 4.78 is 66.0. The molecule has 3 aromatic carbocycles. The maximum absolute atomic E-state index is 14.6. The van der Waals surface area contributed by atoms with E-state index in [2.05, 4.69) is 0 Å². The molecular formula is C23H20F4O2. The van der Waals surface area contributed by atoms with Crippen LogP contribution >= 0.6 is 0 Å². The van der Waals surface area contributed by atoms with Crippen molar-refractivity contribution in [3.8, 4) is 11.5 Å². The van der Waals surface area contributed by atoms with Crippen molar-refractivity contribution >= 4 is 0 Å². The predicted molar refractivity (Wildman–Crippen MR) is 103 cm³/mol. The number of alkyl halides is 3. The second-order valence-electron chi connectivity index (χ2n) is 6.84. The van der Waals surface area contributed by atoms with Gasteiger partial charge in [-0.05, 0) is 48.9 Å². The molecule has 0 N–H and O–H groups in total. The van der Waals surface area contributed by atoms with E-state index in [1.165, 1.54) is 31.2 Å². The van der Waals surface area contributed by atoms with Crippen LogP contribution in [0.15, 0.2) is 78.9 Å². The summed E-state index contributed by atoms with van der Waals surface area (Å²) >= 11 is 0. The molecule has 2 atom stereocenters. The Bertz CT molecular complexity index is 916. The van der Waals surface area contributed by atoms with Gasteiger partial charge in [0.25, 0.3) is 0 Å². The Morgan fingerprint density at radius 3 is 2.14 bits per heavy atom. The fourth-order valence-electron chi connectivity index (χ4n) is 2.79. The molecule has 3 aromatic rings. The summed E-state index contributed by atoms with van der Waals surface area (Å²) in [6, 6.07) is 19.9. The molecule has 0 aromatic heterocycles. The largest absolute Gasteiger partial charge is 0.457 e. The number of hydrogen-bond acceptors (Lipinski definition) is 2. The lowest BCUT2D eigenvalue weighted by Crippen LogP contribution is -2.36. The number of halogens is 4. The van der Waals surface area contributed by atoms with Gasteiger partial charge in [-0.2, -0.15) is 0 Å². The first-order chi connectivity index (χ1) is 13.9. The van der Waals surface area contributed by atoms with Crippen LogP contribution in [0.1, 0.15) is 24.4 Å². The van der Waals surface area contributed by atoms with Crippen LogP contribution in [-0.4, -0.2) is 13.0 Å². The SMILES string of the molecule is CC(COC(F)c1cccc(Oc2ccccc2)c1)(c1ccc(F)cc1)C(F)F. The summed E-state index contributed by atoms with van der Waals surface area (Å²) in [6.45, 7) is 0.674. The normalized spacial score (nSPS) is 14.4. The highest BCUT2D eigenvalue weighted by Gasteiger charge is 2.38. The van der Waals surface area contributed by atoms with Crippen molar-refractivity contribution in [2.75, 3.05) is 6.61 Å². The van der Waals surface area contributed by atoms with Gasteiger partial charge >= 0.3 is 0 Å². The maximum Gasteiger partial charge on any atom is 0.250 e. The van der Waals surface area contributed by atoms with Crippen molar-refractivity contribution in [3.05, 3.63) is 95.8 Å². The number of para-hydroxylation sites is 1. The first-order valence-electron chi connectivity index (χ1n) is 9.01. The van der Waals surface area contributed by atoms with E-state index in [0.717, 1.165) is 12.1 Å². The molecule has 0 spiro atoms. The average Bonchev–Trinajstić information content (AvgIpc) is 2.73. The summed E-state index contributed by atoms with van der Waals surface area (Å²) in [7, 11) is 0. The molecule has 0 heterocycles. The van der Waals surface area contributed by atoms with Gasteiger partial charge in [-0.15, -0.1) is 0 Å². The van der Waals surface area contributed by atoms with Gasteiger partial charge in [0.1, 0.15) is 17.3 Å². The third-order valence-corrected chi connectivity index (χ3v) is 4.61. The van der Waals surface area contributed by atoms with Crippen LogP contribution in [0.5, 0.6) is 11.5 Å². The lowest BCUT2D eigenvalue weighted by molar-refractivity contribution is -0.0885. The van der Waals surface area contributed by atoms with Crippen LogP contribution in [0.4, 0.5) is 17.6 Å². The molecule has 0 radical (unpaired) electrons. The first-order valence-corrected chi connectivity index (χ1v) is 9.01. The zero-order chi connectivity index (χ0) is 20.9. The molecule has 0 aliphatic heterocycles. The Morgan fingerprint density at radius 2 is 1.48 bits per heavy atom. The Morgan fingerprint density at radius 1 is 0.828 bits per heavy atom. The number of rotatable bonds is 8. The molecule has 29 heavy (non-hydrogen) atoms.